The first kappa shape index (κ1) is 17.8. The number of nitrogens with zero attached hydrogens (tertiary/aromatic N) is 2. The molecule has 0 spiro atoms. The molecule has 0 aliphatic rings. The first-order valence-corrected chi connectivity index (χ1v) is 7.36. The molecule has 0 saturated heterocycles. The quantitative estimate of drug-likeness (QED) is 0.273. The van der Waals surface area contributed by atoms with Crippen molar-refractivity contribution in [2.75, 3.05) is 13.1 Å². The van der Waals surface area contributed by atoms with E-state index >= 15 is 0 Å². The third kappa shape index (κ3) is 16.8. The Kier molecular flexibility index (Phi) is 12.4. The Balaban J connectivity index is 2.99. The highest BCUT2D eigenvalue weighted by Crippen LogP contribution is 2.11. The van der Waals surface area contributed by atoms with E-state index in [2.05, 4.69) is 0 Å². The fourth-order valence-electron chi connectivity index (χ4n) is 2.07. The van der Waals surface area contributed by atoms with Gasteiger partial charge in [-0.1, -0.05) is 44.9 Å². The third-order valence-electron chi connectivity index (χ3n) is 3.18. The predicted octanol–water partition coefficient (Wildman–Crippen LogP) is 3.83. The van der Waals surface area contributed by atoms with Crippen molar-refractivity contribution in [3.05, 3.63) is 20.2 Å². The number of rotatable bonds is 14. The second-order valence-electron chi connectivity index (χ2n) is 5.00. The zero-order chi connectivity index (χ0) is 14.3. The van der Waals surface area contributed by atoms with Crippen LogP contribution in [0.2, 0.25) is 0 Å². The molecule has 0 bridgehead atoms. The van der Waals surface area contributed by atoms with E-state index in [4.69, 9.17) is 0 Å². The molecule has 0 amide bonds. The first-order valence-electron chi connectivity index (χ1n) is 7.36. The van der Waals surface area contributed by atoms with Crippen molar-refractivity contribution in [3.63, 3.8) is 0 Å². The third-order valence-corrected chi connectivity index (χ3v) is 3.18. The molecule has 19 heavy (non-hydrogen) atoms. The van der Waals surface area contributed by atoms with Crippen LogP contribution in [0.1, 0.15) is 70.6 Å². The Bertz CT molecular complexity index is 223. The molecular weight excluding hydrogens is 248 g/mol. The summed E-state index contributed by atoms with van der Waals surface area (Å²) in [6.45, 7) is 0.203. The summed E-state index contributed by atoms with van der Waals surface area (Å²) in [5.41, 5.74) is 0. The minimum absolute atomic E-state index is 0.101. The molecule has 0 N–H and O–H groups in total. The summed E-state index contributed by atoms with van der Waals surface area (Å²) in [7, 11) is 0. The molecule has 0 aromatic heterocycles. The van der Waals surface area contributed by atoms with Gasteiger partial charge < -0.3 is 0 Å². The normalized spacial score (nSPS) is 10.5. The molecule has 0 aromatic rings. The minimum Gasteiger partial charge on any atom is -0.265 e. The van der Waals surface area contributed by atoms with Gasteiger partial charge in [-0.25, -0.2) is 0 Å². The van der Waals surface area contributed by atoms with Gasteiger partial charge in [0.1, 0.15) is 0 Å². The molecule has 112 valence electrons. The van der Waals surface area contributed by atoms with Crippen LogP contribution in [0.15, 0.2) is 0 Å². The largest absolute Gasteiger partial charge is 0.265 e. The fourth-order valence-corrected chi connectivity index (χ4v) is 2.07. The average Bonchev–Trinajstić information content (AvgIpc) is 2.34. The lowest BCUT2D eigenvalue weighted by molar-refractivity contribution is -0.480. The molecule has 0 unspecified atom stereocenters. The zero-order valence-electron chi connectivity index (χ0n) is 11.7. The topological polar surface area (TPSA) is 86.3 Å². The van der Waals surface area contributed by atoms with E-state index < -0.39 is 0 Å². The van der Waals surface area contributed by atoms with Gasteiger partial charge in [0, 0.05) is 22.7 Å². The molecule has 6 heteroatoms. The molecule has 0 fully saturated rings. The van der Waals surface area contributed by atoms with Crippen LogP contribution in [0, 0.1) is 20.2 Å². The van der Waals surface area contributed by atoms with E-state index in [1.807, 2.05) is 0 Å². The van der Waals surface area contributed by atoms with Crippen molar-refractivity contribution < 1.29 is 9.85 Å². The van der Waals surface area contributed by atoms with Gasteiger partial charge in [0.2, 0.25) is 13.1 Å². The molecule has 0 aromatic carbocycles. The maximum Gasteiger partial charge on any atom is 0.203 e. The van der Waals surface area contributed by atoms with Crippen LogP contribution in [0.25, 0.3) is 0 Å². The van der Waals surface area contributed by atoms with Crippen LogP contribution in [0.3, 0.4) is 0 Å². The molecular formula is C13H26N2O4. The Morgan fingerprint density at radius 3 is 0.895 bits per heavy atom. The summed E-state index contributed by atoms with van der Waals surface area (Å²) in [4.78, 5) is 19.7. The van der Waals surface area contributed by atoms with Crippen LogP contribution in [0.5, 0.6) is 0 Å². The number of hydrogen-bond acceptors (Lipinski definition) is 4. The SMILES string of the molecule is O=[N+]([O-])CCCCCCCCCCCCC[N+](=O)[O-]. The van der Waals surface area contributed by atoms with Crippen LogP contribution in [0.4, 0.5) is 0 Å². The van der Waals surface area contributed by atoms with Crippen molar-refractivity contribution in [3.8, 4) is 0 Å². The monoisotopic (exact) mass is 274 g/mol. The summed E-state index contributed by atoms with van der Waals surface area (Å²) >= 11 is 0. The summed E-state index contributed by atoms with van der Waals surface area (Å²) in [6.07, 6.45) is 11.5. The van der Waals surface area contributed by atoms with Crippen molar-refractivity contribution >= 4 is 0 Å². The van der Waals surface area contributed by atoms with Gasteiger partial charge in [-0.2, -0.15) is 0 Å². The molecule has 0 atom stereocenters. The van der Waals surface area contributed by atoms with Gasteiger partial charge in [-0.15, -0.1) is 0 Å². The van der Waals surface area contributed by atoms with Gasteiger partial charge >= 0.3 is 0 Å². The van der Waals surface area contributed by atoms with E-state index in [-0.39, 0.29) is 22.9 Å². The molecule has 0 radical (unpaired) electrons. The van der Waals surface area contributed by atoms with E-state index in [9.17, 15) is 20.2 Å². The molecule has 0 aliphatic carbocycles. The van der Waals surface area contributed by atoms with Crippen molar-refractivity contribution in [2.45, 2.75) is 70.6 Å². The lowest BCUT2D eigenvalue weighted by atomic mass is 10.1. The van der Waals surface area contributed by atoms with Crippen molar-refractivity contribution in [2.24, 2.45) is 0 Å². The zero-order valence-corrected chi connectivity index (χ0v) is 11.7. The minimum atomic E-state index is -0.251. The maximum atomic E-state index is 10.1. The van der Waals surface area contributed by atoms with E-state index in [1.165, 1.54) is 32.1 Å². The van der Waals surface area contributed by atoms with Crippen LogP contribution < -0.4 is 0 Å². The molecule has 0 aliphatic heterocycles. The highest BCUT2D eigenvalue weighted by Gasteiger charge is 1.98. The summed E-state index contributed by atoms with van der Waals surface area (Å²) in [5, 5.41) is 20.2. The number of nitro groups is 2. The van der Waals surface area contributed by atoms with E-state index in [1.54, 1.807) is 0 Å². The molecule has 0 saturated carbocycles. The van der Waals surface area contributed by atoms with Crippen LogP contribution in [-0.2, 0) is 0 Å². The lowest BCUT2D eigenvalue weighted by Gasteiger charge is -2.01. The summed E-state index contributed by atoms with van der Waals surface area (Å²) in [6, 6.07) is 0. The van der Waals surface area contributed by atoms with E-state index in [0.29, 0.717) is 12.8 Å². The van der Waals surface area contributed by atoms with E-state index in [0.717, 1.165) is 25.7 Å². The Labute approximate surface area is 114 Å². The van der Waals surface area contributed by atoms with Crippen LogP contribution >= 0.6 is 0 Å². The summed E-state index contributed by atoms with van der Waals surface area (Å²) in [5.74, 6) is 0. The summed E-state index contributed by atoms with van der Waals surface area (Å²) < 4.78 is 0. The fraction of sp³-hybridized carbons (Fsp3) is 1.00. The number of hydrogen-bond donors (Lipinski definition) is 0. The van der Waals surface area contributed by atoms with Gasteiger partial charge in [0.05, 0.1) is 0 Å². The van der Waals surface area contributed by atoms with Gasteiger partial charge in [0.25, 0.3) is 0 Å². The van der Waals surface area contributed by atoms with Crippen molar-refractivity contribution in [1.29, 1.82) is 0 Å². The van der Waals surface area contributed by atoms with Crippen LogP contribution in [-0.4, -0.2) is 22.9 Å². The number of unbranched alkanes of at least 4 members (excludes halogenated alkanes) is 10. The van der Waals surface area contributed by atoms with Gasteiger partial charge in [-0.05, 0) is 12.8 Å². The lowest BCUT2D eigenvalue weighted by Crippen LogP contribution is -1.99. The maximum absolute atomic E-state index is 10.1. The second-order valence-corrected chi connectivity index (χ2v) is 5.00. The first-order chi connectivity index (χ1) is 9.13. The standard InChI is InChI=1S/C13H26N2O4/c16-14(17)12-10-8-6-4-2-1-3-5-7-9-11-13-15(18)19/h1-13H2. The highest BCUT2D eigenvalue weighted by atomic mass is 16.6. The smallest absolute Gasteiger partial charge is 0.203 e. The molecule has 0 rings (SSSR count). The highest BCUT2D eigenvalue weighted by molar-refractivity contribution is 4.48. The second kappa shape index (κ2) is 13.2. The Morgan fingerprint density at radius 2 is 0.684 bits per heavy atom. The molecule has 0 heterocycles. The van der Waals surface area contributed by atoms with Gasteiger partial charge in [0.15, 0.2) is 0 Å². The predicted molar refractivity (Wildman–Crippen MR) is 74.5 cm³/mol. The van der Waals surface area contributed by atoms with Crippen molar-refractivity contribution in [1.82, 2.24) is 0 Å². The average molecular weight is 274 g/mol. The molecule has 6 nitrogen and oxygen atoms in total. The Morgan fingerprint density at radius 1 is 0.474 bits per heavy atom. The van der Waals surface area contributed by atoms with Gasteiger partial charge in [-0.3, -0.25) is 20.2 Å². The Hall–Kier alpha value is -1.20.